The molecular weight excluding hydrogens is 254 g/mol. The van der Waals surface area contributed by atoms with Crippen molar-refractivity contribution in [3.8, 4) is 0 Å². The number of hydrogen-bond acceptors (Lipinski definition) is 3. The molecule has 6 heteroatoms. The van der Waals surface area contributed by atoms with E-state index < -0.39 is 16.0 Å². The Morgan fingerprint density at radius 1 is 1.11 bits per heavy atom. The molecule has 0 amide bonds. The molecule has 2 rings (SSSR count). The van der Waals surface area contributed by atoms with E-state index in [-0.39, 0.29) is 17.7 Å². The van der Waals surface area contributed by atoms with E-state index >= 15 is 0 Å². The van der Waals surface area contributed by atoms with Crippen LogP contribution in [0.5, 0.6) is 0 Å². The van der Waals surface area contributed by atoms with Crippen LogP contribution in [0.2, 0.25) is 0 Å². The topological polar surface area (TPSA) is 83.5 Å². The van der Waals surface area contributed by atoms with E-state index in [2.05, 4.69) is 4.72 Å². The van der Waals surface area contributed by atoms with Gasteiger partial charge in [-0.1, -0.05) is 6.42 Å². The van der Waals surface area contributed by atoms with Crippen molar-refractivity contribution in [1.82, 2.24) is 4.72 Å². The van der Waals surface area contributed by atoms with Gasteiger partial charge in [0, 0.05) is 6.04 Å². The lowest BCUT2D eigenvalue weighted by molar-refractivity contribution is -0.142. The Morgan fingerprint density at radius 3 is 2.17 bits per heavy atom. The van der Waals surface area contributed by atoms with Crippen molar-refractivity contribution in [2.75, 3.05) is 5.75 Å². The quantitative estimate of drug-likeness (QED) is 0.793. The van der Waals surface area contributed by atoms with E-state index in [4.69, 9.17) is 5.11 Å². The first-order valence-corrected chi connectivity index (χ1v) is 8.34. The Labute approximate surface area is 108 Å². The third kappa shape index (κ3) is 3.68. The van der Waals surface area contributed by atoms with Crippen LogP contribution in [-0.2, 0) is 14.8 Å². The molecule has 2 saturated carbocycles. The van der Waals surface area contributed by atoms with Crippen LogP contribution < -0.4 is 4.72 Å². The summed E-state index contributed by atoms with van der Waals surface area (Å²) in [5.74, 6) is -0.479. The number of aliphatic carboxylic acids is 1. The summed E-state index contributed by atoms with van der Waals surface area (Å²) in [6.45, 7) is 0. The van der Waals surface area contributed by atoms with Gasteiger partial charge in [-0.2, -0.15) is 0 Å². The van der Waals surface area contributed by atoms with Gasteiger partial charge in [0.1, 0.15) is 0 Å². The van der Waals surface area contributed by atoms with Gasteiger partial charge < -0.3 is 5.11 Å². The standard InChI is InChI=1S/C12H21NO4S/c14-12(15)10-4-6-11(7-5-10)13-18(16,17)8-9-2-1-3-9/h9-11,13H,1-8H2,(H,14,15). The largest absolute Gasteiger partial charge is 0.481 e. The van der Waals surface area contributed by atoms with Crippen LogP contribution >= 0.6 is 0 Å². The van der Waals surface area contributed by atoms with Gasteiger partial charge in [0.25, 0.3) is 0 Å². The predicted molar refractivity (Wildman–Crippen MR) is 67.6 cm³/mol. The molecule has 2 aliphatic carbocycles. The average molecular weight is 275 g/mol. The minimum Gasteiger partial charge on any atom is -0.481 e. The van der Waals surface area contributed by atoms with Crippen LogP contribution in [0.15, 0.2) is 0 Å². The fourth-order valence-corrected chi connectivity index (χ4v) is 4.52. The Morgan fingerprint density at radius 2 is 1.72 bits per heavy atom. The number of rotatable bonds is 5. The Bertz CT molecular complexity index is 394. The molecule has 0 aromatic rings. The molecule has 0 atom stereocenters. The maximum atomic E-state index is 11.9. The van der Waals surface area contributed by atoms with Gasteiger partial charge in [-0.15, -0.1) is 0 Å². The third-order valence-electron chi connectivity index (χ3n) is 4.10. The second-order valence-corrected chi connectivity index (χ2v) is 7.38. The molecule has 104 valence electrons. The van der Waals surface area contributed by atoms with E-state index in [1.807, 2.05) is 0 Å². The van der Waals surface area contributed by atoms with Gasteiger partial charge >= 0.3 is 5.97 Å². The molecule has 0 heterocycles. The monoisotopic (exact) mass is 275 g/mol. The van der Waals surface area contributed by atoms with Crippen LogP contribution in [0.25, 0.3) is 0 Å². The van der Waals surface area contributed by atoms with Crippen LogP contribution in [-0.4, -0.2) is 31.3 Å². The summed E-state index contributed by atoms with van der Waals surface area (Å²) >= 11 is 0. The first-order valence-electron chi connectivity index (χ1n) is 6.69. The van der Waals surface area contributed by atoms with Gasteiger partial charge in [0.15, 0.2) is 0 Å². The van der Waals surface area contributed by atoms with Crippen LogP contribution in [0.1, 0.15) is 44.9 Å². The molecular formula is C12H21NO4S. The zero-order valence-corrected chi connectivity index (χ0v) is 11.3. The van der Waals surface area contributed by atoms with Crippen molar-refractivity contribution in [3.05, 3.63) is 0 Å². The van der Waals surface area contributed by atoms with Gasteiger partial charge in [-0.05, 0) is 44.4 Å². The Balaban J connectivity index is 1.78. The summed E-state index contributed by atoms with van der Waals surface area (Å²) in [6.07, 6.45) is 5.61. The molecule has 0 radical (unpaired) electrons. The minimum atomic E-state index is -3.18. The SMILES string of the molecule is O=C(O)C1CCC(NS(=O)(=O)CC2CCC2)CC1. The van der Waals surface area contributed by atoms with Crippen molar-refractivity contribution in [2.45, 2.75) is 51.0 Å². The highest BCUT2D eigenvalue weighted by Gasteiger charge is 2.30. The molecule has 0 aromatic carbocycles. The molecule has 2 N–H and O–H groups in total. The number of carboxylic acids is 1. The summed E-state index contributed by atoms with van der Waals surface area (Å²) in [5, 5.41) is 8.88. The van der Waals surface area contributed by atoms with E-state index in [1.54, 1.807) is 0 Å². The molecule has 2 fully saturated rings. The van der Waals surface area contributed by atoms with Crippen molar-refractivity contribution in [1.29, 1.82) is 0 Å². The number of nitrogens with one attached hydrogen (secondary N) is 1. The number of hydrogen-bond donors (Lipinski definition) is 2. The van der Waals surface area contributed by atoms with E-state index in [0.29, 0.717) is 31.6 Å². The Hall–Kier alpha value is -0.620. The van der Waals surface area contributed by atoms with Gasteiger partial charge in [-0.3, -0.25) is 4.79 Å². The lowest BCUT2D eigenvalue weighted by Crippen LogP contribution is -2.41. The summed E-state index contributed by atoms with van der Waals surface area (Å²) in [6, 6.07) is -0.0642. The first kappa shape index (κ1) is 13.8. The highest BCUT2D eigenvalue weighted by Crippen LogP contribution is 2.28. The number of carbonyl (C=O) groups is 1. The maximum absolute atomic E-state index is 11.9. The molecule has 2 aliphatic rings. The second kappa shape index (κ2) is 5.57. The predicted octanol–water partition coefficient (Wildman–Crippen LogP) is 1.35. The lowest BCUT2D eigenvalue weighted by Gasteiger charge is -2.29. The Kier molecular flexibility index (Phi) is 4.27. The van der Waals surface area contributed by atoms with Crippen LogP contribution in [0.3, 0.4) is 0 Å². The molecule has 0 saturated heterocycles. The summed E-state index contributed by atoms with van der Waals surface area (Å²) in [5.41, 5.74) is 0. The number of carboxylic acid groups (broad SMARTS) is 1. The maximum Gasteiger partial charge on any atom is 0.306 e. The second-order valence-electron chi connectivity index (χ2n) is 5.58. The normalized spacial score (nSPS) is 29.8. The smallest absolute Gasteiger partial charge is 0.306 e. The zero-order valence-electron chi connectivity index (χ0n) is 10.5. The van der Waals surface area contributed by atoms with Crippen LogP contribution in [0, 0.1) is 11.8 Å². The fourth-order valence-electron chi connectivity index (χ4n) is 2.73. The van der Waals surface area contributed by atoms with Crippen molar-refractivity contribution >= 4 is 16.0 Å². The molecule has 0 aliphatic heterocycles. The fraction of sp³-hybridized carbons (Fsp3) is 0.917. The van der Waals surface area contributed by atoms with Gasteiger partial charge in [0.2, 0.25) is 10.0 Å². The lowest BCUT2D eigenvalue weighted by atomic mass is 9.87. The van der Waals surface area contributed by atoms with Gasteiger partial charge in [0.05, 0.1) is 11.7 Å². The number of sulfonamides is 1. The minimum absolute atomic E-state index is 0.0642. The molecule has 18 heavy (non-hydrogen) atoms. The van der Waals surface area contributed by atoms with Crippen molar-refractivity contribution < 1.29 is 18.3 Å². The van der Waals surface area contributed by atoms with E-state index in [1.165, 1.54) is 0 Å². The molecule has 0 bridgehead atoms. The van der Waals surface area contributed by atoms with E-state index in [0.717, 1.165) is 19.3 Å². The zero-order chi connectivity index (χ0) is 13.2. The average Bonchev–Trinajstić information content (AvgIpc) is 2.24. The summed E-state index contributed by atoms with van der Waals surface area (Å²) < 4.78 is 26.5. The summed E-state index contributed by atoms with van der Waals surface area (Å²) in [4.78, 5) is 10.8. The highest BCUT2D eigenvalue weighted by molar-refractivity contribution is 7.89. The third-order valence-corrected chi connectivity index (χ3v) is 5.71. The highest BCUT2D eigenvalue weighted by atomic mass is 32.2. The van der Waals surface area contributed by atoms with Gasteiger partial charge in [-0.25, -0.2) is 13.1 Å². The molecule has 0 aromatic heterocycles. The molecule has 0 spiro atoms. The molecule has 5 nitrogen and oxygen atoms in total. The molecule has 0 unspecified atom stereocenters. The van der Waals surface area contributed by atoms with Crippen LogP contribution in [0.4, 0.5) is 0 Å². The van der Waals surface area contributed by atoms with Crippen molar-refractivity contribution in [3.63, 3.8) is 0 Å². The van der Waals surface area contributed by atoms with E-state index in [9.17, 15) is 13.2 Å². The summed E-state index contributed by atoms with van der Waals surface area (Å²) in [7, 11) is -3.18. The first-order chi connectivity index (χ1) is 8.46. The van der Waals surface area contributed by atoms with Crippen molar-refractivity contribution in [2.24, 2.45) is 11.8 Å².